The SMILES string of the molecule is CCOCC(Nc1cc(OC)c(F)cc1N)C(C)C. The van der Waals surface area contributed by atoms with Gasteiger partial charge in [0.15, 0.2) is 11.6 Å². The van der Waals surface area contributed by atoms with E-state index < -0.39 is 5.82 Å². The highest BCUT2D eigenvalue weighted by atomic mass is 19.1. The van der Waals surface area contributed by atoms with Crippen molar-refractivity contribution in [1.29, 1.82) is 0 Å². The highest BCUT2D eigenvalue weighted by Gasteiger charge is 2.16. The summed E-state index contributed by atoms with van der Waals surface area (Å²) in [6.45, 7) is 7.37. The Morgan fingerprint density at radius 1 is 1.37 bits per heavy atom. The van der Waals surface area contributed by atoms with Gasteiger partial charge in [0, 0.05) is 18.7 Å². The van der Waals surface area contributed by atoms with Gasteiger partial charge in [-0.15, -0.1) is 0 Å². The second-order valence-electron chi connectivity index (χ2n) is 4.73. The Labute approximate surface area is 114 Å². The van der Waals surface area contributed by atoms with Gasteiger partial charge in [0.2, 0.25) is 0 Å². The van der Waals surface area contributed by atoms with E-state index >= 15 is 0 Å². The standard InChI is InChI=1S/C14H23FN2O2/c1-5-19-8-13(9(2)3)17-12-7-14(18-4)10(15)6-11(12)16/h6-7,9,13,17H,5,8,16H2,1-4H3. The highest BCUT2D eigenvalue weighted by Crippen LogP contribution is 2.29. The number of anilines is 2. The maximum atomic E-state index is 13.5. The largest absolute Gasteiger partial charge is 0.494 e. The van der Waals surface area contributed by atoms with Crippen LogP contribution in [0.1, 0.15) is 20.8 Å². The zero-order chi connectivity index (χ0) is 14.4. The number of hydrogen-bond donors (Lipinski definition) is 2. The lowest BCUT2D eigenvalue weighted by Gasteiger charge is -2.24. The summed E-state index contributed by atoms with van der Waals surface area (Å²) in [5, 5.41) is 3.29. The molecule has 0 fully saturated rings. The summed E-state index contributed by atoms with van der Waals surface area (Å²) in [6, 6.07) is 2.95. The van der Waals surface area contributed by atoms with Crippen molar-refractivity contribution in [1.82, 2.24) is 0 Å². The maximum Gasteiger partial charge on any atom is 0.167 e. The zero-order valence-electron chi connectivity index (χ0n) is 12.0. The summed E-state index contributed by atoms with van der Waals surface area (Å²) in [5.74, 6) is 0.0778. The number of rotatable bonds is 7. The number of benzene rings is 1. The number of nitrogens with two attached hydrogens (primary N) is 1. The van der Waals surface area contributed by atoms with Gasteiger partial charge in [-0.3, -0.25) is 0 Å². The molecule has 1 aromatic rings. The molecule has 0 radical (unpaired) electrons. The molecule has 4 nitrogen and oxygen atoms in total. The Bertz CT molecular complexity index is 411. The third kappa shape index (κ3) is 4.28. The molecule has 0 bridgehead atoms. The molecule has 0 saturated carbocycles. The molecule has 0 amide bonds. The normalized spacial score (nSPS) is 12.5. The fourth-order valence-corrected chi connectivity index (χ4v) is 1.70. The Kier molecular flexibility index (Phi) is 5.89. The molecule has 1 atom stereocenters. The van der Waals surface area contributed by atoms with Gasteiger partial charge in [-0.05, 0) is 12.8 Å². The van der Waals surface area contributed by atoms with Gasteiger partial charge < -0.3 is 20.5 Å². The number of ether oxygens (including phenoxy) is 2. The van der Waals surface area contributed by atoms with E-state index in [0.29, 0.717) is 30.5 Å². The number of hydrogen-bond acceptors (Lipinski definition) is 4. The van der Waals surface area contributed by atoms with Crippen LogP contribution in [0.5, 0.6) is 5.75 Å². The quantitative estimate of drug-likeness (QED) is 0.748. The van der Waals surface area contributed by atoms with Crippen LogP contribution < -0.4 is 15.8 Å². The summed E-state index contributed by atoms with van der Waals surface area (Å²) >= 11 is 0. The Morgan fingerprint density at radius 2 is 2.05 bits per heavy atom. The van der Waals surface area contributed by atoms with Crippen LogP contribution in [0.25, 0.3) is 0 Å². The molecule has 0 saturated heterocycles. The molecule has 1 rings (SSSR count). The van der Waals surface area contributed by atoms with E-state index in [4.69, 9.17) is 15.2 Å². The minimum atomic E-state index is -0.462. The summed E-state index contributed by atoms with van der Waals surface area (Å²) < 4.78 is 23.9. The topological polar surface area (TPSA) is 56.5 Å². The first kappa shape index (κ1) is 15.6. The summed E-state index contributed by atoms with van der Waals surface area (Å²) in [6.07, 6.45) is 0. The Morgan fingerprint density at radius 3 is 2.58 bits per heavy atom. The molecule has 108 valence electrons. The first-order valence-electron chi connectivity index (χ1n) is 6.46. The van der Waals surface area contributed by atoms with Crippen LogP contribution in [0.3, 0.4) is 0 Å². The van der Waals surface area contributed by atoms with E-state index in [-0.39, 0.29) is 11.8 Å². The minimum absolute atomic E-state index is 0.109. The van der Waals surface area contributed by atoms with Crippen LogP contribution in [0.15, 0.2) is 12.1 Å². The van der Waals surface area contributed by atoms with Crippen LogP contribution in [-0.4, -0.2) is 26.4 Å². The van der Waals surface area contributed by atoms with Crippen LogP contribution in [0, 0.1) is 11.7 Å². The molecular weight excluding hydrogens is 247 g/mol. The maximum absolute atomic E-state index is 13.5. The van der Waals surface area contributed by atoms with E-state index in [1.807, 2.05) is 6.92 Å². The second kappa shape index (κ2) is 7.19. The van der Waals surface area contributed by atoms with Crippen molar-refractivity contribution in [3.05, 3.63) is 17.9 Å². The van der Waals surface area contributed by atoms with Crippen LogP contribution >= 0.6 is 0 Å². The molecule has 3 N–H and O–H groups in total. The molecule has 1 unspecified atom stereocenters. The average Bonchev–Trinajstić information content (AvgIpc) is 2.36. The zero-order valence-corrected chi connectivity index (χ0v) is 12.0. The van der Waals surface area contributed by atoms with Crippen molar-refractivity contribution in [2.45, 2.75) is 26.8 Å². The molecule has 0 aromatic heterocycles. The molecule has 0 aliphatic carbocycles. The minimum Gasteiger partial charge on any atom is -0.494 e. The molecule has 5 heteroatoms. The molecule has 0 aliphatic heterocycles. The average molecular weight is 270 g/mol. The van der Waals surface area contributed by atoms with Gasteiger partial charge in [-0.25, -0.2) is 4.39 Å². The van der Waals surface area contributed by atoms with E-state index in [2.05, 4.69) is 19.2 Å². The van der Waals surface area contributed by atoms with E-state index in [1.165, 1.54) is 13.2 Å². The van der Waals surface area contributed by atoms with Gasteiger partial charge in [-0.1, -0.05) is 13.8 Å². The van der Waals surface area contributed by atoms with Gasteiger partial charge in [0.1, 0.15) is 0 Å². The van der Waals surface area contributed by atoms with Gasteiger partial charge in [-0.2, -0.15) is 0 Å². The Balaban J connectivity index is 2.89. The summed E-state index contributed by atoms with van der Waals surface area (Å²) in [7, 11) is 1.43. The fourth-order valence-electron chi connectivity index (χ4n) is 1.70. The molecule has 19 heavy (non-hydrogen) atoms. The van der Waals surface area contributed by atoms with E-state index in [0.717, 1.165) is 0 Å². The van der Waals surface area contributed by atoms with Crippen molar-refractivity contribution in [3.8, 4) is 5.75 Å². The first-order chi connectivity index (χ1) is 8.99. The highest BCUT2D eigenvalue weighted by molar-refractivity contribution is 5.69. The number of halogens is 1. The lowest BCUT2D eigenvalue weighted by atomic mass is 10.0. The van der Waals surface area contributed by atoms with Crippen molar-refractivity contribution in [2.24, 2.45) is 5.92 Å². The summed E-state index contributed by atoms with van der Waals surface area (Å²) in [5.41, 5.74) is 6.85. The van der Waals surface area contributed by atoms with Gasteiger partial charge in [0.05, 0.1) is 31.1 Å². The van der Waals surface area contributed by atoms with E-state index in [9.17, 15) is 4.39 Å². The van der Waals surface area contributed by atoms with Crippen LogP contribution in [0.2, 0.25) is 0 Å². The third-order valence-corrected chi connectivity index (χ3v) is 2.97. The number of nitrogen functional groups attached to an aromatic ring is 1. The monoisotopic (exact) mass is 270 g/mol. The van der Waals surface area contributed by atoms with Gasteiger partial charge >= 0.3 is 0 Å². The molecule has 0 aliphatic rings. The van der Waals surface area contributed by atoms with Crippen molar-refractivity contribution in [2.75, 3.05) is 31.4 Å². The van der Waals surface area contributed by atoms with Crippen molar-refractivity contribution >= 4 is 11.4 Å². The Hall–Kier alpha value is -1.49. The predicted molar refractivity (Wildman–Crippen MR) is 76.1 cm³/mol. The molecule has 0 spiro atoms. The first-order valence-corrected chi connectivity index (χ1v) is 6.46. The lowest BCUT2D eigenvalue weighted by molar-refractivity contribution is 0.127. The molecule has 1 aromatic carbocycles. The summed E-state index contributed by atoms with van der Waals surface area (Å²) in [4.78, 5) is 0. The van der Waals surface area contributed by atoms with Gasteiger partial charge in [0.25, 0.3) is 0 Å². The van der Waals surface area contributed by atoms with Crippen molar-refractivity contribution in [3.63, 3.8) is 0 Å². The van der Waals surface area contributed by atoms with Crippen molar-refractivity contribution < 1.29 is 13.9 Å². The second-order valence-corrected chi connectivity index (χ2v) is 4.73. The van der Waals surface area contributed by atoms with Crippen LogP contribution in [0.4, 0.5) is 15.8 Å². The third-order valence-electron chi connectivity index (χ3n) is 2.97. The predicted octanol–water partition coefficient (Wildman–Crippen LogP) is 2.89. The smallest absolute Gasteiger partial charge is 0.167 e. The van der Waals surface area contributed by atoms with Crippen LogP contribution in [-0.2, 0) is 4.74 Å². The molecule has 0 heterocycles. The number of methoxy groups -OCH3 is 1. The molecular formula is C14H23FN2O2. The number of nitrogens with one attached hydrogen (secondary N) is 1. The lowest BCUT2D eigenvalue weighted by Crippen LogP contribution is -2.31. The fraction of sp³-hybridized carbons (Fsp3) is 0.571. The van der Waals surface area contributed by atoms with E-state index in [1.54, 1.807) is 6.07 Å².